The van der Waals surface area contributed by atoms with Crippen molar-refractivity contribution in [2.75, 3.05) is 19.8 Å². The van der Waals surface area contributed by atoms with E-state index >= 15 is 0 Å². The first kappa shape index (κ1) is 49.0. The maximum absolute atomic E-state index is 14.6. The molecule has 8 aliphatic rings. The van der Waals surface area contributed by atoms with Crippen molar-refractivity contribution >= 4 is 5.97 Å². The van der Waals surface area contributed by atoms with Gasteiger partial charge in [-0.2, -0.15) is 0 Å². The van der Waals surface area contributed by atoms with Crippen molar-refractivity contribution in [1.29, 1.82) is 0 Å². The Labute approximate surface area is 376 Å². The van der Waals surface area contributed by atoms with Crippen LogP contribution in [0.1, 0.15) is 113 Å². The number of allylic oxidation sites excluding steroid dienone is 2. The summed E-state index contributed by atoms with van der Waals surface area (Å²) in [6.45, 7) is 14.7. The highest BCUT2D eigenvalue weighted by Crippen LogP contribution is 2.76. The van der Waals surface area contributed by atoms with Crippen LogP contribution in [0.3, 0.4) is 0 Å². The summed E-state index contributed by atoms with van der Waals surface area (Å²) in [6.07, 6.45) is -10.9. The van der Waals surface area contributed by atoms with Crippen LogP contribution in [0.25, 0.3) is 0 Å². The van der Waals surface area contributed by atoms with Crippen molar-refractivity contribution in [3.63, 3.8) is 0 Å². The van der Waals surface area contributed by atoms with Crippen LogP contribution in [0.15, 0.2) is 11.6 Å². The molecule has 0 aromatic carbocycles. The van der Waals surface area contributed by atoms with Gasteiger partial charge in [-0.1, -0.05) is 60.1 Å². The fraction of sp³-hybridized carbons (Fsp3) is 0.936. The monoisotopic (exact) mass is 913 g/mol. The number of aliphatic hydroxyl groups excluding tert-OH is 10. The molecular weight excluding hydrogens is 836 g/mol. The Morgan fingerprint density at radius 2 is 1.28 bits per heavy atom. The molecule has 10 N–H and O–H groups in total. The van der Waals surface area contributed by atoms with E-state index in [1.165, 1.54) is 5.57 Å². The standard InChI is InChI=1S/C47H76O17/c1-42(2)14-16-47(41(58)64-40-35(56)33(54)31(52)26(20-49)61-40)17-15-45(6)22(23(47)18-42)8-9-28-44(5)12-11-29(43(3,4)27(44)10-13-46(28,45)7)62-38-36(57)37(24(50)21-59-38)63-39-34(55)32(53)30(51)25(19-48)60-39/h8,23-40,48-57H,9-21H2,1-7H3/t23-,24+,25+,26+,27-,28+,29-,30+,31+,32-,33-,34+,35+,36-,37+,38-,39-,40-,44-,45+,46+,47-/m0/s1. The predicted octanol–water partition coefficient (Wildman–Crippen LogP) is 0.780. The number of ether oxygens (including phenoxy) is 6. The van der Waals surface area contributed by atoms with Crippen molar-refractivity contribution in [2.45, 2.75) is 205 Å². The van der Waals surface area contributed by atoms with Crippen LogP contribution in [0, 0.1) is 50.2 Å². The number of carbonyl (C=O) groups excluding carboxylic acids is 1. The van der Waals surface area contributed by atoms with Crippen molar-refractivity contribution < 1.29 is 84.3 Å². The first-order valence-corrected chi connectivity index (χ1v) is 23.7. The molecule has 5 aliphatic carbocycles. The van der Waals surface area contributed by atoms with Crippen molar-refractivity contribution in [2.24, 2.45) is 50.2 Å². The average molecular weight is 913 g/mol. The van der Waals surface area contributed by atoms with E-state index in [0.717, 1.165) is 44.9 Å². The Morgan fingerprint density at radius 3 is 1.92 bits per heavy atom. The van der Waals surface area contributed by atoms with Gasteiger partial charge >= 0.3 is 5.97 Å². The molecule has 3 saturated heterocycles. The number of esters is 1. The Bertz CT molecular complexity index is 1740. The number of hydrogen-bond donors (Lipinski definition) is 10. The average Bonchev–Trinajstić information content (AvgIpc) is 3.24. The molecule has 3 aliphatic heterocycles. The first-order chi connectivity index (χ1) is 29.9. The van der Waals surface area contributed by atoms with Gasteiger partial charge in [-0.05, 0) is 109 Å². The molecule has 0 amide bonds. The third-order valence-electron chi connectivity index (χ3n) is 18.9. The summed E-state index contributed by atoms with van der Waals surface area (Å²) in [5.41, 5.74) is -0.434. The summed E-state index contributed by atoms with van der Waals surface area (Å²) < 4.78 is 35.6. The van der Waals surface area contributed by atoms with Crippen LogP contribution in [0.4, 0.5) is 0 Å². The van der Waals surface area contributed by atoms with Gasteiger partial charge in [-0.25, -0.2) is 0 Å². The summed E-state index contributed by atoms with van der Waals surface area (Å²) >= 11 is 0. The van der Waals surface area contributed by atoms with E-state index in [-0.39, 0.29) is 51.6 Å². The SMILES string of the molecule is CC1(C)CC[C@]2(C(=O)O[C@@H]3O[C@H](CO)[C@@H](O)[C@H](O)[C@H]3O)CC[C@]3(C)C(=CC[C@@H]4[C@@]5(C)CC[C@H](O[C@@H]6OC[C@@H](O)[C@@H](O[C@@H]7O[C@H](CO)[C@@H](O)[C@H](O)[C@H]7O)[C@@H]6O)C(C)(C)[C@@H]5CC[C@]43C)[C@@H]2C1. The number of hydrogen-bond acceptors (Lipinski definition) is 17. The zero-order valence-corrected chi connectivity index (χ0v) is 38.5. The molecule has 3 heterocycles. The number of fused-ring (bicyclic) bond motifs is 7. The maximum atomic E-state index is 14.6. The van der Waals surface area contributed by atoms with E-state index in [1.807, 2.05) is 0 Å². The largest absolute Gasteiger partial charge is 0.432 e. The third kappa shape index (κ3) is 7.58. The van der Waals surface area contributed by atoms with Crippen LogP contribution >= 0.6 is 0 Å². The van der Waals surface area contributed by atoms with Gasteiger partial charge in [0.1, 0.15) is 67.1 Å². The van der Waals surface area contributed by atoms with Crippen LogP contribution in [0.5, 0.6) is 0 Å². The van der Waals surface area contributed by atoms with E-state index < -0.39 is 111 Å². The summed E-state index contributed by atoms with van der Waals surface area (Å²) in [6, 6.07) is 0. The molecule has 22 atom stereocenters. The molecule has 8 rings (SSSR count). The van der Waals surface area contributed by atoms with E-state index in [2.05, 4.69) is 54.5 Å². The maximum Gasteiger partial charge on any atom is 0.315 e. The number of rotatable bonds is 8. The molecule has 366 valence electrons. The minimum atomic E-state index is -1.72. The second-order valence-corrected chi connectivity index (χ2v) is 23.0. The van der Waals surface area contributed by atoms with E-state index in [9.17, 15) is 55.9 Å². The van der Waals surface area contributed by atoms with Crippen molar-refractivity contribution in [3.8, 4) is 0 Å². The molecule has 64 heavy (non-hydrogen) atoms. The van der Waals surface area contributed by atoms with Crippen LogP contribution < -0.4 is 0 Å². The fourth-order valence-corrected chi connectivity index (χ4v) is 14.8. The predicted molar refractivity (Wildman–Crippen MR) is 224 cm³/mol. The molecule has 4 saturated carbocycles. The van der Waals surface area contributed by atoms with Gasteiger partial charge in [-0.3, -0.25) is 4.79 Å². The number of carbonyl (C=O) groups is 1. The van der Waals surface area contributed by atoms with Gasteiger partial charge < -0.3 is 79.5 Å². The second-order valence-electron chi connectivity index (χ2n) is 23.0. The Balaban J connectivity index is 1.01. The van der Waals surface area contributed by atoms with Crippen LogP contribution in [-0.2, 0) is 33.2 Å². The number of aliphatic hydroxyl groups is 10. The van der Waals surface area contributed by atoms with Gasteiger partial charge in [0.15, 0.2) is 12.6 Å². The topological polar surface area (TPSA) is 275 Å². The smallest absolute Gasteiger partial charge is 0.315 e. The molecule has 0 bridgehead atoms. The lowest BCUT2D eigenvalue weighted by Crippen LogP contribution is -2.66. The molecule has 0 spiro atoms. The van der Waals surface area contributed by atoms with E-state index in [1.54, 1.807) is 0 Å². The highest BCUT2D eigenvalue weighted by Gasteiger charge is 2.70. The lowest BCUT2D eigenvalue weighted by Gasteiger charge is -2.71. The molecular formula is C47H76O17. The van der Waals surface area contributed by atoms with Crippen molar-refractivity contribution in [3.05, 3.63) is 11.6 Å². The van der Waals surface area contributed by atoms with Gasteiger partial charge in [0.25, 0.3) is 0 Å². The first-order valence-electron chi connectivity index (χ1n) is 23.7. The summed E-state index contributed by atoms with van der Waals surface area (Å²) in [7, 11) is 0. The molecule has 0 aromatic rings. The summed E-state index contributed by atoms with van der Waals surface area (Å²) in [5, 5.41) is 105. The van der Waals surface area contributed by atoms with Crippen LogP contribution in [0.2, 0.25) is 0 Å². The fourth-order valence-electron chi connectivity index (χ4n) is 14.8. The highest BCUT2D eigenvalue weighted by atomic mass is 16.7. The zero-order chi connectivity index (χ0) is 46.7. The molecule has 17 heteroatoms. The van der Waals surface area contributed by atoms with E-state index in [4.69, 9.17) is 28.4 Å². The van der Waals surface area contributed by atoms with Gasteiger partial charge in [0.05, 0.1) is 31.3 Å². The van der Waals surface area contributed by atoms with Gasteiger partial charge in [-0.15, -0.1) is 0 Å². The molecule has 17 nitrogen and oxygen atoms in total. The summed E-state index contributed by atoms with van der Waals surface area (Å²) in [5.74, 6) is -0.0598. The molecule has 0 aromatic heterocycles. The normalized spacial score (nSPS) is 53.4. The lowest BCUT2D eigenvalue weighted by molar-refractivity contribution is -0.357. The Morgan fingerprint density at radius 1 is 0.672 bits per heavy atom. The Kier molecular flexibility index (Phi) is 13.2. The Hall–Kier alpha value is -1.39. The third-order valence-corrected chi connectivity index (χ3v) is 18.9. The second kappa shape index (κ2) is 17.2. The summed E-state index contributed by atoms with van der Waals surface area (Å²) in [4.78, 5) is 14.6. The molecule has 7 fully saturated rings. The molecule has 0 radical (unpaired) electrons. The quantitative estimate of drug-likeness (QED) is 0.0916. The minimum Gasteiger partial charge on any atom is -0.432 e. The van der Waals surface area contributed by atoms with Crippen molar-refractivity contribution in [1.82, 2.24) is 0 Å². The zero-order valence-electron chi connectivity index (χ0n) is 38.5. The molecule has 0 unspecified atom stereocenters. The van der Waals surface area contributed by atoms with E-state index in [0.29, 0.717) is 25.2 Å². The van der Waals surface area contributed by atoms with Gasteiger partial charge in [0, 0.05) is 0 Å². The van der Waals surface area contributed by atoms with Gasteiger partial charge in [0.2, 0.25) is 6.29 Å². The highest BCUT2D eigenvalue weighted by molar-refractivity contribution is 5.79. The lowest BCUT2D eigenvalue weighted by atomic mass is 9.33. The minimum absolute atomic E-state index is 0.0414. The van der Waals surface area contributed by atoms with Crippen LogP contribution in [-0.4, -0.2) is 169 Å².